The number of carbonyl (C=O) groups excluding carboxylic acids is 1. The Hall–Kier alpha value is -1.02. The van der Waals surface area contributed by atoms with Crippen LogP contribution in [0, 0.1) is 6.92 Å². The SMILES string of the molecule is Cc1cccc(C(=O)N(C)CCCl)c1. The van der Waals surface area contributed by atoms with E-state index in [2.05, 4.69) is 0 Å². The van der Waals surface area contributed by atoms with E-state index in [1.165, 1.54) is 0 Å². The van der Waals surface area contributed by atoms with Crippen LogP contribution in [0.5, 0.6) is 0 Å². The van der Waals surface area contributed by atoms with Crippen LogP contribution >= 0.6 is 11.6 Å². The summed E-state index contributed by atoms with van der Waals surface area (Å²) in [6, 6.07) is 7.56. The number of benzene rings is 1. The molecule has 1 rings (SSSR count). The first-order valence-electron chi connectivity index (χ1n) is 4.53. The van der Waals surface area contributed by atoms with E-state index in [0.717, 1.165) is 11.1 Å². The highest BCUT2D eigenvalue weighted by molar-refractivity contribution is 6.18. The summed E-state index contributed by atoms with van der Waals surface area (Å²) in [5, 5.41) is 0. The third-order valence-electron chi connectivity index (χ3n) is 2.03. The van der Waals surface area contributed by atoms with E-state index in [-0.39, 0.29) is 5.91 Å². The van der Waals surface area contributed by atoms with E-state index in [4.69, 9.17) is 11.6 Å². The quantitative estimate of drug-likeness (QED) is 0.703. The normalized spacial score (nSPS) is 9.93. The first-order valence-corrected chi connectivity index (χ1v) is 5.06. The van der Waals surface area contributed by atoms with Gasteiger partial charge in [-0.3, -0.25) is 4.79 Å². The van der Waals surface area contributed by atoms with Crippen LogP contribution < -0.4 is 0 Å². The molecule has 0 spiro atoms. The predicted octanol–water partition coefficient (Wildman–Crippen LogP) is 2.31. The zero-order chi connectivity index (χ0) is 10.6. The molecule has 1 aromatic carbocycles. The van der Waals surface area contributed by atoms with Crippen LogP contribution in [0.4, 0.5) is 0 Å². The molecule has 0 radical (unpaired) electrons. The molecule has 0 fully saturated rings. The number of alkyl halides is 1. The van der Waals surface area contributed by atoms with Crippen molar-refractivity contribution in [2.45, 2.75) is 6.92 Å². The van der Waals surface area contributed by atoms with Gasteiger partial charge in [0.15, 0.2) is 0 Å². The van der Waals surface area contributed by atoms with E-state index in [9.17, 15) is 4.79 Å². The largest absolute Gasteiger partial charge is 0.341 e. The van der Waals surface area contributed by atoms with Crippen LogP contribution in [0.2, 0.25) is 0 Å². The van der Waals surface area contributed by atoms with E-state index >= 15 is 0 Å². The number of carbonyl (C=O) groups is 1. The van der Waals surface area contributed by atoms with Gasteiger partial charge in [-0.25, -0.2) is 0 Å². The standard InChI is InChI=1S/C11H14ClNO/c1-9-4-3-5-10(8-9)11(14)13(2)7-6-12/h3-5,8H,6-7H2,1-2H3. The Labute approximate surface area is 89.5 Å². The molecule has 0 saturated carbocycles. The minimum absolute atomic E-state index is 0.0225. The number of hydrogen-bond acceptors (Lipinski definition) is 1. The van der Waals surface area contributed by atoms with Crippen LogP contribution in [0.15, 0.2) is 24.3 Å². The average Bonchev–Trinajstić information content (AvgIpc) is 2.17. The highest BCUT2D eigenvalue weighted by Crippen LogP contribution is 2.06. The molecule has 0 heterocycles. The average molecular weight is 212 g/mol. The third kappa shape index (κ3) is 2.74. The lowest BCUT2D eigenvalue weighted by atomic mass is 10.1. The third-order valence-corrected chi connectivity index (χ3v) is 2.20. The molecule has 0 aliphatic carbocycles. The lowest BCUT2D eigenvalue weighted by Gasteiger charge is -2.15. The van der Waals surface area contributed by atoms with Crippen molar-refractivity contribution in [1.29, 1.82) is 0 Å². The fourth-order valence-corrected chi connectivity index (χ4v) is 1.48. The Balaban J connectivity index is 2.78. The maximum absolute atomic E-state index is 11.8. The Morgan fingerprint density at radius 1 is 1.50 bits per heavy atom. The lowest BCUT2D eigenvalue weighted by Crippen LogP contribution is -2.28. The second kappa shape index (κ2) is 5.01. The molecule has 0 saturated heterocycles. The molecule has 0 aliphatic heterocycles. The molecule has 0 bridgehead atoms. The van der Waals surface area contributed by atoms with Gasteiger partial charge < -0.3 is 4.90 Å². The van der Waals surface area contributed by atoms with Gasteiger partial charge >= 0.3 is 0 Å². The second-order valence-corrected chi connectivity index (χ2v) is 3.66. The first-order chi connectivity index (χ1) is 6.65. The maximum atomic E-state index is 11.8. The van der Waals surface area contributed by atoms with Crippen LogP contribution in [-0.2, 0) is 0 Å². The van der Waals surface area contributed by atoms with Crippen molar-refractivity contribution in [2.24, 2.45) is 0 Å². The summed E-state index contributed by atoms with van der Waals surface area (Å²) < 4.78 is 0. The molecular formula is C11H14ClNO. The molecule has 0 atom stereocenters. The molecule has 0 aliphatic rings. The van der Waals surface area contributed by atoms with E-state index in [1.807, 2.05) is 31.2 Å². The lowest BCUT2D eigenvalue weighted by molar-refractivity contribution is 0.0803. The van der Waals surface area contributed by atoms with Crippen molar-refractivity contribution in [3.05, 3.63) is 35.4 Å². The number of rotatable bonds is 3. The van der Waals surface area contributed by atoms with Crippen molar-refractivity contribution in [1.82, 2.24) is 4.90 Å². The number of aryl methyl sites for hydroxylation is 1. The van der Waals surface area contributed by atoms with Gasteiger partial charge in [-0.15, -0.1) is 11.6 Å². The summed E-state index contributed by atoms with van der Waals surface area (Å²) in [4.78, 5) is 13.4. The summed E-state index contributed by atoms with van der Waals surface area (Å²) in [5.41, 5.74) is 1.81. The summed E-state index contributed by atoms with van der Waals surface area (Å²) in [7, 11) is 1.76. The van der Waals surface area contributed by atoms with Gasteiger partial charge in [0.25, 0.3) is 5.91 Å². The predicted molar refractivity (Wildman–Crippen MR) is 58.9 cm³/mol. The van der Waals surface area contributed by atoms with Gasteiger partial charge in [0.1, 0.15) is 0 Å². The van der Waals surface area contributed by atoms with E-state index in [1.54, 1.807) is 11.9 Å². The van der Waals surface area contributed by atoms with Gasteiger partial charge in [-0.2, -0.15) is 0 Å². The topological polar surface area (TPSA) is 20.3 Å². The molecule has 0 aromatic heterocycles. The van der Waals surface area contributed by atoms with Crippen LogP contribution in [0.25, 0.3) is 0 Å². The number of amides is 1. The number of halogens is 1. The Kier molecular flexibility index (Phi) is 3.96. The highest BCUT2D eigenvalue weighted by Gasteiger charge is 2.10. The van der Waals surface area contributed by atoms with Crippen molar-refractivity contribution in [2.75, 3.05) is 19.5 Å². The van der Waals surface area contributed by atoms with E-state index < -0.39 is 0 Å². The molecule has 3 heteroatoms. The van der Waals surface area contributed by atoms with Crippen LogP contribution in [0.1, 0.15) is 15.9 Å². The molecular weight excluding hydrogens is 198 g/mol. The van der Waals surface area contributed by atoms with Crippen molar-refractivity contribution in [3.8, 4) is 0 Å². The molecule has 2 nitrogen and oxygen atoms in total. The fourth-order valence-electron chi connectivity index (χ4n) is 1.23. The second-order valence-electron chi connectivity index (χ2n) is 3.29. The Bertz CT molecular complexity index is 325. The van der Waals surface area contributed by atoms with Crippen molar-refractivity contribution >= 4 is 17.5 Å². The smallest absolute Gasteiger partial charge is 0.253 e. The molecule has 76 valence electrons. The minimum atomic E-state index is 0.0225. The highest BCUT2D eigenvalue weighted by atomic mass is 35.5. The monoisotopic (exact) mass is 211 g/mol. The summed E-state index contributed by atoms with van der Waals surface area (Å²) >= 11 is 5.57. The van der Waals surface area contributed by atoms with Crippen molar-refractivity contribution < 1.29 is 4.79 Å². The first kappa shape index (κ1) is 11.1. The Morgan fingerprint density at radius 3 is 2.79 bits per heavy atom. The molecule has 0 unspecified atom stereocenters. The van der Waals surface area contributed by atoms with Gasteiger partial charge in [-0.05, 0) is 19.1 Å². The Morgan fingerprint density at radius 2 is 2.21 bits per heavy atom. The summed E-state index contributed by atoms with van der Waals surface area (Å²) in [6.45, 7) is 2.55. The van der Waals surface area contributed by atoms with Crippen LogP contribution in [0.3, 0.4) is 0 Å². The molecule has 0 N–H and O–H groups in total. The fraction of sp³-hybridized carbons (Fsp3) is 0.364. The van der Waals surface area contributed by atoms with E-state index in [0.29, 0.717) is 12.4 Å². The summed E-state index contributed by atoms with van der Waals surface area (Å²) in [6.07, 6.45) is 0. The molecule has 1 amide bonds. The molecule has 14 heavy (non-hydrogen) atoms. The van der Waals surface area contributed by atoms with Gasteiger partial charge in [0, 0.05) is 25.0 Å². The van der Waals surface area contributed by atoms with Crippen LogP contribution in [-0.4, -0.2) is 30.3 Å². The number of hydrogen-bond donors (Lipinski definition) is 0. The number of nitrogens with zero attached hydrogens (tertiary/aromatic N) is 1. The van der Waals surface area contributed by atoms with Gasteiger partial charge in [0.05, 0.1) is 0 Å². The summed E-state index contributed by atoms with van der Waals surface area (Å²) in [5.74, 6) is 0.489. The van der Waals surface area contributed by atoms with Crippen molar-refractivity contribution in [3.63, 3.8) is 0 Å². The molecule has 1 aromatic rings. The zero-order valence-corrected chi connectivity index (χ0v) is 9.21. The van der Waals surface area contributed by atoms with Gasteiger partial charge in [0.2, 0.25) is 0 Å². The zero-order valence-electron chi connectivity index (χ0n) is 8.46. The van der Waals surface area contributed by atoms with Gasteiger partial charge in [-0.1, -0.05) is 17.7 Å². The maximum Gasteiger partial charge on any atom is 0.253 e. The minimum Gasteiger partial charge on any atom is -0.341 e.